The molecule has 3 nitrogen and oxygen atoms in total. The molecule has 0 fully saturated rings. The molecule has 0 radical (unpaired) electrons. The number of hydrogen-bond donors (Lipinski definition) is 0. The zero-order valence-corrected chi connectivity index (χ0v) is 28.2. The summed E-state index contributed by atoms with van der Waals surface area (Å²) in [6, 6.07) is 66.5. The lowest BCUT2D eigenvalue weighted by molar-refractivity contribution is 1.08. The van der Waals surface area contributed by atoms with Crippen LogP contribution >= 0.6 is 0 Å². The van der Waals surface area contributed by atoms with E-state index in [4.69, 9.17) is 15.0 Å². The van der Waals surface area contributed by atoms with Crippen molar-refractivity contribution in [2.75, 3.05) is 0 Å². The maximum absolute atomic E-state index is 5.19. The van der Waals surface area contributed by atoms with Crippen LogP contribution in [0.5, 0.6) is 0 Å². The van der Waals surface area contributed by atoms with Crippen LogP contribution in [0.3, 0.4) is 0 Å². The fourth-order valence-corrected chi connectivity index (χ4v) is 7.50. The summed E-state index contributed by atoms with van der Waals surface area (Å²) in [7, 11) is 0. The molecular formula is C49H31N3. The minimum Gasteiger partial charge on any atom is -0.208 e. The van der Waals surface area contributed by atoms with E-state index in [9.17, 15) is 0 Å². The molecule has 0 saturated heterocycles. The van der Waals surface area contributed by atoms with Gasteiger partial charge in [-0.2, -0.15) is 0 Å². The second-order valence-corrected chi connectivity index (χ2v) is 13.2. The summed E-state index contributed by atoms with van der Waals surface area (Å²) in [5.41, 5.74) is 7.61. The summed E-state index contributed by atoms with van der Waals surface area (Å²) in [6.45, 7) is 0. The fourth-order valence-electron chi connectivity index (χ4n) is 7.50. The van der Waals surface area contributed by atoms with Gasteiger partial charge in [0.25, 0.3) is 0 Å². The van der Waals surface area contributed by atoms with Gasteiger partial charge in [0.1, 0.15) is 0 Å². The van der Waals surface area contributed by atoms with Crippen LogP contribution in [-0.2, 0) is 0 Å². The first kappa shape index (κ1) is 29.9. The van der Waals surface area contributed by atoms with Crippen LogP contribution in [0.1, 0.15) is 0 Å². The molecule has 0 bridgehead atoms. The number of aromatic nitrogens is 3. The van der Waals surface area contributed by atoms with Gasteiger partial charge in [-0.25, -0.2) is 15.0 Å². The first-order chi connectivity index (χ1) is 25.7. The van der Waals surface area contributed by atoms with E-state index in [1.54, 1.807) is 0 Å². The van der Waals surface area contributed by atoms with Crippen LogP contribution in [0.4, 0.5) is 0 Å². The highest BCUT2D eigenvalue weighted by molar-refractivity contribution is 6.07. The Hall–Kier alpha value is -6.97. The van der Waals surface area contributed by atoms with Gasteiger partial charge in [0, 0.05) is 16.7 Å². The number of rotatable bonds is 5. The largest absolute Gasteiger partial charge is 0.208 e. The smallest absolute Gasteiger partial charge is 0.164 e. The summed E-state index contributed by atoms with van der Waals surface area (Å²) in [5.74, 6) is 1.93. The third-order valence-corrected chi connectivity index (χ3v) is 10.1. The second-order valence-electron chi connectivity index (χ2n) is 13.2. The molecule has 0 aliphatic rings. The van der Waals surface area contributed by atoms with E-state index in [1.165, 1.54) is 49.0 Å². The Morgan fingerprint density at radius 2 is 0.692 bits per heavy atom. The van der Waals surface area contributed by atoms with E-state index in [2.05, 4.69) is 170 Å². The quantitative estimate of drug-likeness (QED) is 0.184. The summed E-state index contributed by atoms with van der Waals surface area (Å²) in [5, 5.41) is 9.55. The van der Waals surface area contributed by atoms with Gasteiger partial charge < -0.3 is 0 Å². The first-order valence-electron chi connectivity index (χ1n) is 17.6. The highest BCUT2D eigenvalue weighted by Gasteiger charge is 2.16. The van der Waals surface area contributed by atoms with Gasteiger partial charge in [-0.05, 0) is 89.6 Å². The average Bonchev–Trinajstić information content (AvgIpc) is 3.22. The zero-order valence-electron chi connectivity index (χ0n) is 28.2. The molecule has 52 heavy (non-hydrogen) atoms. The standard InChI is InChI=1S/C49H31N3/c1-2-14-34(15-3-1)47-50-48(39-27-25-35-28-38(26-24-36(35)29-39)43-22-10-17-32-12-4-7-19-41(32)43)52-49(51-47)40-30-37-16-6-9-21-44(37)46(31-40)45-23-11-18-33-13-5-8-20-42(33)45/h1-31H. The summed E-state index contributed by atoms with van der Waals surface area (Å²) >= 11 is 0. The van der Waals surface area contributed by atoms with Crippen LogP contribution < -0.4 is 0 Å². The van der Waals surface area contributed by atoms with Gasteiger partial charge >= 0.3 is 0 Å². The Morgan fingerprint density at radius 3 is 1.38 bits per heavy atom. The molecule has 0 aliphatic carbocycles. The van der Waals surface area contributed by atoms with E-state index in [0.29, 0.717) is 17.5 Å². The molecule has 0 aliphatic heterocycles. The fraction of sp³-hybridized carbons (Fsp3) is 0. The molecule has 0 N–H and O–H groups in total. The topological polar surface area (TPSA) is 38.7 Å². The third-order valence-electron chi connectivity index (χ3n) is 10.1. The normalized spacial score (nSPS) is 11.5. The van der Waals surface area contributed by atoms with Gasteiger partial charge in [-0.3, -0.25) is 0 Å². The molecule has 1 heterocycles. The SMILES string of the molecule is c1ccc(-c2nc(-c3ccc4cc(-c5cccc6ccccc56)ccc4c3)nc(-c3cc(-c4cccc5ccccc45)c4ccccc4c3)n2)cc1. The number of hydrogen-bond acceptors (Lipinski definition) is 3. The van der Waals surface area contributed by atoms with Gasteiger partial charge in [-0.15, -0.1) is 0 Å². The number of benzene rings is 9. The molecule has 0 spiro atoms. The Kier molecular flexibility index (Phi) is 7.14. The Morgan fingerprint density at radius 1 is 0.231 bits per heavy atom. The third kappa shape index (κ3) is 5.28. The zero-order chi connectivity index (χ0) is 34.4. The average molecular weight is 662 g/mol. The van der Waals surface area contributed by atoms with Crippen LogP contribution in [0.15, 0.2) is 188 Å². The van der Waals surface area contributed by atoms with Crippen molar-refractivity contribution in [2.45, 2.75) is 0 Å². The van der Waals surface area contributed by atoms with Gasteiger partial charge in [0.15, 0.2) is 17.5 Å². The van der Waals surface area contributed by atoms with Crippen molar-refractivity contribution in [3.05, 3.63) is 188 Å². The molecule has 10 rings (SSSR count). The van der Waals surface area contributed by atoms with Crippen molar-refractivity contribution in [3.8, 4) is 56.4 Å². The summed E-state index contributed by atoms with van der Waals surface area (Å²) in [4.78, 5) is 15.4. The minimum absolute atomic E-state index is 0.641. The van der Waals surface area contributed by atoms with Gasteiger partial charge in [0.2, 0.25) is 0 Å². The highest BCUT2D eigenvalue weighted by atomic mass is 15.0. The second kappa shape index (κ2) is 12.4. The summed E-state index contributed by atoms with van der Waals surface area (Å²) in [6.07, 6.45) is 0. The Bertz CT molecular complexity index is 2960. The lowest BCUT2D eigenvalue weighted by Gasteiger charge is -2.14. The van der Waals surface area contributed by atoms with Gasteiger partial charge in [-0.1, -0.05) is 164 Å². The van der Waals surface area contributed by atoms with Crippen molar-refractivity contribution in [3.63, 3.8) is 0 Å². The van der Waals surface area contributed by atoms with Crippen LogP contribution in [0, 0.1) is 0 Å². The molecule has 242 valence electrons. The molecule has 3 heteroatoms. The molecule has 0 saturated carbocycles. The van der Waals surface area contributed by atoms with E-state index in [1.807, 2.05) is 18.2 Å². The molecule has 10 aromatic rings. The molecule has 1 aromatic heterocycles. The van der Waals surface area contributed by atoms with E-state index < -0.39 is 0 Å². The molecule has 0 unspecified atom stereocenters. The van der Waals surface area contributed by atoms with Crippen molar-refractivity contribution < 1.29 is 0 Å². The lowest BCUT2D eigenvalue weighted by Crippen LogP contribution is -2.00. The molecule has 0 amide bonds. The molecule has 9 aromatic carbocycles. The highest BCUT2D eigenvalue weighted by Crippen LogP contribution is 2.38. The number of nitrogens with zero attached hydrogens (tertiary/aromatic N) is 3. The maximum atomic E-state index is 5.19. The Balaban J connectivity index is 1.13. The van der Waals surface area contributed by atoms with E-state index in [-0.39, 0.29) is 0 Å². The minimum atomic E-state index is 0.641. The molecule has 0 atom stereocenters. The van der Waals surface area contributed by atoms with E-state index in [0.717, 1.165) is 33.0 Å². The number of fused-ring (bicyclic) bond motifs is 4. The maximum Gasteiger partial charge on any atom is 0.164 e. The Labute approximate surface area is 301 Å². The van der Waals surface area contributed by atoms with Gasteiger partial charge in [0.05, 0.1) is 0 Å². The van der Waals surface area contributed by atoms with Crippen molar-refractivity contribution in [1.82, 2.24) is 15.0 Å². The van der Waals surface area contributed by atoms with Crippen LogP contribution in [0.2, 0.25) is 0 Å². The molecular weight excluding hydrogens is 631 g/mol. The predicted octanol–water partition coefficient (Wildman–Crippen LogP) is 12.8. The van der Waals surface area contributed by atoms with Crippen LogP contribution in [-0.4, -0.2) is 15.0 Å². The van der Waals surface area contributed by atoms with Crippen LogP contribution in [0.25, 0.3) is 99.5 Å². The monoisotopic (exact) mass is 661 g/mol. The predicted molar refractivity (Wildman–Crippen MR) is 217 cm³/mol. The van der Waals surface area contributed by atoms with E-state index >= 15 is 0 Å². The first-order valence-corrected chi connectivity index (χ1v) is 17.6. The van der Waals surface area contributed by atoms with Crippen molar-refractivity contribution in [2.24, 2.45) is 0 Å². The summed E-state index contributed by atoms with van der Waals surface area (Å²) < 4.78 is 0. The van der Waals surface area contributed by atoms with Crippen molar-refractivity contribution >= 4 is 43.1 Å². The van der Waals surface area contributed by atoms with Crippen molar-refractivity contribution in [1.29, 1.82) is 0 Å². The lowest BCUT2D eigenvalue weighted by atomic mass is 9.92.